The van der Waals surface area contributed by atoms with Gasteiger partial charge in [-0.25, -0.2) is 0 Å². The van der Waals surface area contributed by atoms with Gasteiger partial charge < -0.3 is 10.4 Å². The Morgan fingerprint density at radius 2 is 2.17 bits per heavy atom. The van der Waals surface area contributed by atoms with E-state index in [9.17, 15) is 5.11 Å². The van der Waals surface area contributed by atoms with E-state index >= 15 is 0 Å². The number of thioether (sulfide) groups is 1. The molecule has 1 aromatic heterocycles. The molecule has 0 spiro atoms. The lowest BCUT2D eigenvalue weighted by Gasteiger charge is -2.33. The molecule has 0 aromatic carbocycles. The van der Waals surface area contributed by atoms with Gasteiger partial charge in [-0.3, -0.25) is 4.68 Å². The van der Waals surface area contributed by atoms with E-state index in [1.54, 1.807) is 11.8 Å². The van der Waals surface area contributed by atoms with Crippen LogP contribution in [0.15, 0.2) is 17.3 Å². The summed E-state index contributed by atoms with van der Waals surface area (Å²) in [6.07, 6.45) is 4.82. The summed E-state index contributed by atoms with van der Waals surface area (Å²) in [6, 6.07) is 0.373. The summed E-state index contributed by atoms with van der Waals surface area (Å²) >= 11 is 1.80. The second-order valence-electron chi connectivity index (χ2n) is 5.50. The van der Waals surface area contributed by atoms with Gasteiger partial charge >= 0.3 is 0 Å². The minimum Gasteiger partial charge on any atom is -0.394 e. The minimum atomic E-state index is -0.219. The lowest BCUT2D eigenvalue weighted by Crippen LogP contribution is -2.50. The van der Waals surface area contributed by atoms with E-state index in [1.807, 2.05) is 24.1 Å². The van der Waals surface area contributed by atoms with Gasteiger partial charge in [0, 0.05) is 35.0 Å². The van der Waals surface area contributed by atoms with Crippen LogP contribution in [0, 0.1) is 0 Å². The summed E-state index contributed by atoms with van der Waals surface area (Å²) in [6.45, 7) is 8.63. The first-order valence-electron chi connectivity index (χ1n) is 6.38. The number of nitrogens with zero attached hydrogens (tertiary/aromatic N) is 2. The number of aromatic nitrogens is 2. The van der Waals surface area contributed by atoms with E-state index in [1.165, 1.54) is 4.90 Å². The first kappa shape index (κ1) is 15.5. The normalized spacial score (nSPS) is 16.8. The zero-order valence-electron chi connectivity index (χ0n) is 12.0. The van der Waals surface area contributed by atoms with Crippen LogP contribution in [0.3, 0.4) is 0 Å². The Bertz CT molecular complexity index is 367. The third-order valence-corrected chi connectivity index (χ3v) is 3.79. The molecule has 4 nitrogen and oxygen atoms in total. The molecule has 1 heterocycles. The van der Waals surface area contributed by atoms with E-state index in [4.69, 9.17) is 0 Å². The van der Waals surface area contributed by atoms with E-state index < -0.39 is 0 Å². The maximum absolute atomic E-state index is 9.57. The maximum atomic E-state index is 9.57. The van der Waals surface area contributed by atoms with Crippen molar-refractivity contribution in [1.29, 1.82) is 0 Å². The highest BCUT2D eigenvalue weighted by atomic mass is 32.2. The highest BCUT2D eigenvalue weighted by Crippen LogP contribution is 2.28. The van der Waals surface area contributed by atoms with Crippen LogP contribution in [0.2, 0.25) is 0 Å². The molecule has 2 atom stereocenters. The summed E-state index contributed by atoms with van der Waals surface area (Å²) < 4.78 is 1.81. The average Bonchev–Trinajstić information content (AvgIpc) is 2.62. The molecule has 1 aromatic rings. The molecule has 2 unspecified atom stereocenters. The highest BCUT2D eigenvalue weighted by molar-refractivity contribution is 7.99. The van der Waals surface area contributed by atoms with Crippen molar-refractivity contribution < 1.29 is 5.11 Å². The standard InChI is InChI=1S/C13H25N3OS/c1-10(2)15-13(4,9-17)6-11(3)18-12-7-14-16(5)8-12/h7-8,10-11,15,17H,6,9H2,1-5H3. The van der Waals surface area contributed by atoms with E-state index in [2.05, 4.69) is 38.1 Å². The number of aliphatic hydroxyl groups is 1. The van der Waals surface area contributed by atoms with Crippen LogP contribution in [-0.4, -0.2) is 38.3 Å². The van der Waals surface area contributed by atoms with Gasteiger partial charge in [0.25, 0.3) is 0 Å². The fourth-order valence-corrected chi connectivity index (χ4v) is 3.47. The second kappa shape index (κ2) is 6.59. The quantitative estimate of drug-likeness (QED) is 0.745. The fraction of sp³-hybridized carbons (Fsp3) is 0.769. The molecular weight excluding hydrogens is 246 g/mol. The van der Waals surface area contributed by atoms with E-state index in [0.717, 1.165) is 6.42 Å². The summed E-state index contributed by atoms with van der Waals surface area (Å²) in [5, 5.41) is 17.6. The predicted molar refractivity (Wildman–Crippen MR) is 76.9 cm³/mol. The van der Waals surface area contributed by atoms with Crippen molar-refractivity contribution in [2.24, 2.45) is 7.05 Å². The molecule has 0 amide bonds. The predicted octanol–water partition coefficient (Wildman–Crippen LogP) is 2.04. The van der Waals surface area contributed by atoms with E-state index in [0.29, 0.717) is 11.3 Å². The van der Waals surface area contributed by atoms with Crippen molar-refractivity contribution in [3.05, 3.63) is 12.4 Å². The molecule has 0 aliphatic rings. The Kier molecular flexibility index (Phi) is 5.69. The molecule has 104 valence electrons. The summed E-state index contributed by atoms with van der Waals surface area (Å²) in [7, 11) is 1.92. The van der Waals surface area contributed by atoms with Gasteiger partial charge in [-0.1, -0.05) is 20.8 Å². The number of hydrogen-bond donors (Lipinski definition) is 2. The number of nitrogens with one attached hydrogen (secondary N) is 1. The van der Waals surface area contributed by atoms with Crippen LogP contribution in [-0.2, 0) is 7.05 Å². The van der Waals surface area contributed by atoms with Crippen LogP contribution in [0.4, 0.5) is 0 Å². The topological polar surface area (TPSA) is 50.1 Å². The summed E-state index contributed by atoms with van der Waals surface area (Å²) in [5.74, 6) is 0. The largest absolute Gasteiger partial charge is 0.394 e. The first-order chi connectivity index (χ1) is 8.34. The van der Waals surface area contributed by atoms with Gasteiger partial charge in [-0.15, -0.1) is 11.8 Å². The average molecular weight is 271 g/mol. The van der Waals surface area contributed by atoms with Crippen LogP contribution in [0.1, 0.15) is 34.1 Å². The Balaban J connectivity index is 2.53. The van der Waals surface area contributed by atoms with Crippen molar-refractivity contribution >= 4 is 11.8 Å². The van der Waals surface area contributed by atoms with Gasteiger partial charge in [0.05, 0.1) is 12.8 Å². The molecule has 0 saturated heterocycles. The Labute approximate surface area is 114 Å². The van der Waals surface area contributed by atoms with Crippen molar-refractivity contribution in [3.8, 4) is 0 Å². The minimum absolute atomic E-state index is 0.156. The Morgan fingerprint density at radius 1 is 1.50 bits per heavy atom. The van der Waals surface area contributed by atoms with Crippen LogP contribution in [0.5, 0.6) is 0 Å². The summed E-state index contributed by atoms with van der Waals surface area (Å²) in [5.41, 5.74) is -0.219. The van der Waals surface area contributed by atoms with Crippen LogP contribution < -0.4 is 5.32 Å². The molecule has 0 bridgehead atoms. The molecule has 2 N–H and O–H groups in total. The van der Waals surface area contributed by atoms with Gasteiger partial charge in [0.15, 0.2) is 0 Å². The Hall–Kier alpha value is -0.520. The number of aliphatic hydroxyl groups excluding tert-OH is 1. The second-order valence-corrected chi connectivity index (χ2v) is 7.01. The molecule has 5 heteroatoms. The molecule has 0 saturated carbocycles. The first-order valence-corrected chi connectivity index (χ1v) is 7.26. The van der Waals surface area contributed by atoms with Gasteiger partial charge in [0.1, 0.15) is 0 Å². The lowest BCUT2D eigenvalue weighted by atomic mass is 9.96. The smallest absolute Gasteiger partial charge is 0.0625 e. The molecule has 0 fully saturated rings. The number of aryl methyl sites for hydroxylation is 1. The maximum Gasteiger partial charge on any atom is 0.0625 e. The van der Waals surface area contributed by atoms with Crippen molar-refractivity contribution in [1.82, 2.24) is 15.1 Å². The third kappa shape index (κ3) is 5.00. The van der Waals surface area contributed by atoms with E-state index in [-0.39, 0.29) is 12.1 Å². The zero-order chi connectivity index (χ0) is 13.8. The van der Waals surface area contributed by atoms with Gasteiger partial charge in [-0.2, -0.15) is 5.10 Å². The molecule has 0 aliphatic heterocycles. The van der Waals surface area contributed by atoms with Crippen LogP contribution >= 0.6 is 11.8 Å². The molecule has 0 radical (unpaired) electrons. The van der Waals surface area contributed by atoms with Gasteiger partial charge in [0.2, 0.25) is 0 Å². The highest BCUT2D eigenvalue weighted by Gasteiger charge is 2.26. The van der Waals surface area contributed by atoms with Crippen molar-refractivity contribution in [2.75, 3.05) is 6.61 Å². The number of hydrogen-bond acceptors (Lipinski definition) is 4. The molecule has 0 aliphatic carbocycles. The summed E-state index contributed by atoms with van der Waals surface area (Å²) in [4.78, 5) is 1.18. The zero-order valence-corrected chi connectivity index (χ0v) is 12.8. The molecular formula is C13H25N3OS. The molecule has 18 heavy (non-hydrogen) atoms. The van der Waals surface area contributed by atoms with Gasteiger partial charge in [-0.05, 0) is 13.3 Å². The lowest BCUT2D eigenvalue weighted by molar-refractivity contribution is 0.157. The fourth-order valence-electron chi connectivity index (χ4n) is 2.23. The SMILES string of the molecule is CC(C)NC(C)(CO)CC(C)Sc1cnn(C)c1. The van der Waals surface area contributed by atoms with Crippen molar-refractivity contribution in [2.45, 2.75) is 55.8 Å². The number of rotatable bonds is 7. The van der Waals surface area contributed by atoms with Crippen molar-refractivity contribution in [3.63, 3.8) is 0 Å². The molecule has 1 rings (SSSR count). The Morgan fingerprint density at radius 3 is 2.61 bits per heavy atom. The monoisotopic (exact) mass is 271 g/mol. The third-order valence-electron chi connectivity index (χ3n) is 2.74. The van der Waals surface area contributed by atoms with Crippen LogP contribution in [0.25, 0.3) is 0 Å².